The highest BCUT2D eigenvalue weighted by Crippen LogP contribution is 2.32. The second-order valence-electron chi connectivity index (χ2n) is 6.10. The van der Waals surface area contributed by atoms with Gasteiger partial charge in [-0.3, -0.25) is 19.2 Å². The summed E-state index contributed by atoms with van der Waals surface area (Å²) in [5.41, 5.74) is 0. The van der Waals surface area contributed by atoms with Crippen molar-refractivity contribution in [2.24, 2.45) is 23.7 Å². The van der Waals surface area contributed by atoms with Crippen molar-refractivity contribution >= 4 is 23.9 Å². The first-order valence-corrected chi connectivity index (χ1v) is 8.20. The molecule has 136 valence electrons. The van der Waals surface area contributed by atoms with E-state index in [0.29, 0.717) is 25.7 Å². The molecule has 0 aromatic carbocycles. The van der Waals surface area contributed by atoms with Crippen molar-refractivity contribution in [3.8, 4) is 0 Å². The van der Waals surface area contributed by atoms with Gasteiger partial charge in [0.25, 0.3) is 0 Å². The molecule has 4 atom stereocenters. The van der Waals surface area contributed by atoms with Crippen molar-refractivity contribution in [3.05, 3.63) is 24.3 Å². The Morgan fingerprint density at radius 2 is 1.16 bits per heavy atom. The zero-order valence-corrected chi connectivity index (χ0v) is 14.3. The van der Waals surface area contributed by atoms with Crippen LogP contribution < -0.4 is 0 Å². The van der Waals surface area contributed by atoms with Gasteiger partial charge in [-0.15, -0.1) is 0 Å². The number of hydrogen-bond donors (Lipinski definition) is 0. The SMILES string of the molecule is COC(=O)[C@H]1CC=CC[C@H]1C(=O)OC.O=C1OC(=O)[C@H]2CC=CCC12. The first-order valence-electron chi connectivity index (χ1n) is 8.20. The third-order valence-corrected chi connectivity index (χ3v) is 4.68. The quantitative estimate of drug-likeness (QED) is 0.323. The van der Waals surface area contributed by atoms with Crippen LogP contribution in [0, 0.1) is 23.7 Å². The fourth-order valence-corrected chi connectivity index (χ4v) is 3.22. The molecule has 0 spiro atoms. The molecule has 7 heteroatoms. The molecule has 2 aliphatic carbocycles. The van der Waals surface area contributed by atoms with Crippen LogP contribution in [0.5, 0.6) is 0 Å². The number of cyclic esters (lactones) is 2. The molecular weight excluding hydrogens is 328 g/mol. The molecule has 0 bridgehead atoms. The Morgan fingerprint density at radius 1 is 0.800 bits per heavy atom. The Morgan fingerprint density at radius 3 is 1.52 bits per heavy atom. The minimum absolute atomic E-state index is 0.188. The van der Waals surface area contributed by atoms with Crippen molar-refractivity contribution in [1.29, 1.82) is 0 Å². The van der Waals surface area contributed by atoms with Gasteiger partial charge in [0.1, 0.15) is 0 Å². The van der Waals surface area contributed by atoms with E-state index in [1.54, 1.807) is 0 Å². The summed E-state index contributed by atoms with van der Waals surface area (Å²) in [6, 6.07) is 0. The average molecular weight is 350 g/mol. The molecule has 3 rings (SSSR count). The highest BCUT2D eigenvalue weighted by molar-refractivity contribution is 5.96. The lowest BCUT2D eigenvalue weighted by Crippen LogP contribution is -2.32. The lowest BCUT2D eigenvalue weighted by Gasteiger charge is -2.23. The van der Waals surface area contributed by atoms with Crippen molar-refractivity contribution in [1.82, 2.24) is 0 Å². The van der Waals surface area contributed by atoms with Crippen LogP contribution in [0.15, 0.2) is 24.3 Å². The van der Waals surface area contributed by atoms with Crippen molar-refractivity contribution in [2.75, 3.05) is 14.2 Å². The number of methoxy groups -OCH3 is 2. The molecule has 1 aliphatic heterocycles. The molecule has 1 heterocycles. The molecule has 0 saturated carbocycles. The maximum atomic E-state index is 11.3. The number of hydrogen-bond acceptors (Lipinski definition) is 7. The summed E-state index contributed by atoms with van der Waals surface area (Å²) in [6.07, 6.45) is 10.1. The van der Waals surface area contributed by atoms with Crippen LogP contribution >= 0.6 is 0 Å². The standard InChI is InChI=1S/C10H14O4.C8H8O3/c1-13-9(11)7-5-3-4-6-8(7)10(12)14-2;9-7-5-3-1-2-4-6(5)8(10)11-7/h3-4,7-8H,5-6H2,1-2H3;1-2,5-6H,3-4H2/t7-,8+;5-,6?/m.0/s1. The summed E-state index contributed by atoms with van der Waals surface area (Å²) in [6.45, 7) is 0. The van der Waals surface area contributed by atoms with Gasteiger partial charge in [0.2, 0.25) is 0 Å². The van der Waals surface area contributed by atoms with Crippen molar-refractivity contribution < 1.29 is 33.4 Å². The van der Waals surface area contributed by atoms with Gasteiger partial charge >= 0.3 is 23.9 Å². The van der Waals surface area contributed by atoms with Crippen LogP contribution in [-0.2, 0) is 33.4 Å². The maximum Gasteiger partial charge on any atom is 0.317 e. The second-order valence-corrected chi connectivity index (χ2v) is 6.10. The number of ether oxygens (including phenoxy) is 3. The van der Waals surface area contributed by atoms with Crippen molar-refractivity contribution in [3.63, 3.8) is 0 Å². The van der Waals surface area contributed by atoms with Gasteiger partial charge in [0.15, 0.2) is 0 Å². The van der Waals surface area contributed by atoms with Gasteiger partial charge in [-0.05, 0) is 25.7 Å². The van der Waals surface area contributed by atoms with Gasteiger partial charge < -0.3 is 14.2 Å². The zero-order valence-electron chi connectivity index (χ0n) is 14.3. The Bertz CT molecular complexity index is 555. The zero-order chi connectivity index (χ0) is 18.4. The van der Waals surface area contributed by atoms with E-state index in [4.69, 9.17) is 0 Å². The smallest absolute Gasteiger partial charge is 0.317 e. The Balaban J connectivity index is 0.000000185. The first kappa shape index (κ1) is 18.9. The van der Waals surface area contributed by atoms with Gasteiger partial charge in [0.05, 0.1) is 37.9 Å². The van der Waals surface area contributed by atoms with Crippen molar-refractivity contribution in [2.45, 2.75) is 25.7 Å². The normalized spacial score (nSPS) is 29.8. The number of fused-ring (bicyclic) bond motifs is 1. The molecule has 1 saturated heterocycles. The Hall–Kier alpha value is -2.44. The molecule has 1 unspecified atom stereocenters. The van der Waals surface area contributed by atoms with Crippen LogP contribution in [0.25, 0.3) is 0 Å². The van der Waals surface area contributed by atoms with Crippen LogP contribution in [-0.4, -0.2) is 38.1 Å². The molecular formula is C18H22O7. The van der Waals surface area contributed by atoms with Gasteiger partial charge in [-0.2, -0.15) is 0 Å². The van der Waals surface area contributed by atoms with E-state index in [1.807, 2.05) is 24.3 Å². The fraction of sp³-hybridized carbons (Fsp3) is 0.556. The van der Waals surface area contributed by atoms with Crippen LogP contribution in [0.1, 0.15) is 25.7 Å². The van der Waals surface area contributed by atoms with E-state index in [0.717, 1.165) is 0 Å². The summed E-state index contributed by atoms with van der Waals surface area (Å²) in [5.74, 6) is -2.53. The predicted octanol–water partition coefficient (Wildman–Crippen LogP) is 1.57. The Kier molecular flexibility index (Phi) is 6.50. The molecule has 3 aliphatic rings. The second kappa shape index (κ2) is 8.60. The van der Waals surface area contributed by atoms with E-state index in [-0.39, 0.29) is 35.7 Å². The molecule has 7 nitrogen and oxygen atoms in total. The van der Waals surface area contributed by atoms with Crippen LogP contribution in [0.2, 0.25) is 0 Å². The third kappa shape index (κ3) is 4.35. The molecule has 25 heavy (non-hydrogen) atoms. The third-order valence-electron chi connectivity index (χ3n) is 4.68. The average Bonchev–Trinajstić information content (AvgIpc) is 2.95. The van der Waals surface area contributed by atoms with E-state index >= 15 is 0 Å². The largest absolute Gasteiger partial charge is 0.469 e. The number of esters is 4. The summed E-state index contributed by atoms with van der Waals surface area (Å²) >= 11 is 0. The molecule has 0 aromatic rings. The number of rotatable bonds is 2. The number of carbonyl (C=O) groups is 4. The molecule has 0 aromatic heterocycles. The topological polar surface area (TPSA) is 96.0 Å². The summed E-state index contributed by atoms with van der Waals surface area (Å²) in [5, 5.41) is 0. The lowest BCUT2D eigenvalue weighted by atomic mass is 9.83. The first-order chi connectivity index (χ1) is 12.0. The molecule has 0 radical (unpaired) electrons. The van der Waals surface area contributed by atoms with Crippen LogP contribution in [0.3, 0.4) is 0 Å². The van der Waals surface area contributed by atoms with E-state index in [9.17, 15) is 19.2 Å². The van der Waals surface area contributed by atoms with Gasteiger partial charge in [0, 0.05) is 0 Å². The minimum Gasteiger partial charge on any atom is -0.469 e. The maximum absolute atomic E-state index is 11.3. The van der Waals surface area contributed by atoms with Crippen LogP contribution in [0.4, 0.5) is 0 Å². The molecule has 0 amide bonds. The lowest BCUT2D eigenvalue weighted by molar-refractivity contribution is -0.157. The molecule has 1 fully saturated rings. The highest BCUT2D eigenvalue weighted by Gasteiger charge is 2.43. The molecule has 0 N–H and O–H groups in total. The highest BCUT2D eigenvalue weighted by atomic mass is 16.6. The minimum atomic E-state index is -0.391. The monoisotopic (exact) mass is 350 g/mol. The summed E-state index contributed by atoms with van der Waals surface area (Å²) < 4.78 is 13.8. The number of allylic oxidation sites excluding steroid dienone is 4. The van der Waals surface area contributed by atoms with Gasteiger partial charge in [-0.25, -0.2) is 0 Å². The predicted molar refractivity (Wildman–Crippen MR) is 85.8 cm³/mol. The fourth-order valence-electron chi connectivity index (χ4n) is 3.22. The summed E-state index contributed by atoms with van der Waals surface area (Å²) in [4.78, 5) is 44.6. The Labute approximate surface area is 146 Å². The van der Waals surface area contributed by atoms with E-state index in [2.05, 4.69) is 14.2 Å². The van der Waals surface area contributed by atoms with E-state index in [1.165, 1.54) is 14.2 Å². The van der Waals surface area contributed by atoms with E-state index < -0.39 is 11.8 Å². The van der Waals surface area contributed by atoms with Gasteiger partial charge in [-0.1, -0.05) is 24.3 Å². The summed E-state index contributed by atoms with van der Waals surface area (Å²) in [7, 11) is 2.66. The number of carbonyl (C=O) groups excluding carboxylic acids is 4.